The largest absolute Gasteiger partial charge is 0.473 e. The van der Waals surface area contributed by atoms with Crippen LogP contribution in [0.4, 0.5) is 0 Å². The minimum Gasteiger partial charge on any atom is -0.403 e. The van der Waals surface area contributed by atoms with Crippen molar-refractivity contribution in [3.05, 3.63) is 0 Å². The Hall–Kier alpha value is 0.135. The van der Waals surface area contributed by atoms with Gasteiger partial charge in [-0.25, -0.2) is 0 Å². The van der Waals surface area contributed by atoms with E-state index in [9.17, 15) is 4.57 Å². The van der Waals surface area contributed by atoms with Crippen molar-refractivity contribution in [1.29, 1.82) is 0 Å². The fourth-order valence-electron chi connectivity index (χ4n) is 2.86. The van der Waals surface area contributed by atoms with Gasteiger partial charge in [0.2, 0.25) is 0 Å². The number of unbranched alkanes of at least 4 members (excludes halogenated alkanes) is 3. The Kier molecular flexibility index (Phi) is 8.48. The zero-order valence-electron chi connectivity index (χ0n) is 16.6. The standard InChI is InChI=1S/C17H36BO5P/c1-8-11-12-13-14-15(24(19,20-9-2)21-10-3)18-22-16(4,5)17(6,7)23-18/h15H,8-14H2,1-7H3. The zero-order chi connectivity index (χ0) is 18.4. The molecule has 0 aromatic rings. The number of rotatable bonds is 11. The van der Waals surface area contributed by atoms with Crippen LogP contribution in [0.25, 0.3) is 0 Å². The topological polar surface area (TPSA) is 54.0 Å². The van der Waals surface area contributed by atoms with E-state index in [1.54, 1.807) is 0 Å². The molecule has 0 bridgehead atoms. The van der Waals surface area contributed by atoms with E-state index >= 15 is 0 Å². The molecule has 1 aliphatic rings. The van der Waals surface area contributed by atoms with E-state index in [-0.39, 0.29) is 0 Å². The number of hydrogen-bond acceptors (Lipinski definition) is 5. The summed E-state index contributed by atoms with van der Waals surface area (Å²) in [4.78, 5) is 0. The van der Waals surface area contributed by atoms with Gasteiger partial charge in [0.05, 0.1) is 30.0 Å². The molecule has 1 heterocycles. The highest BCUT2D eigenvalue weighted by Gasteiger charge is 2.58. The summed E-state index contributed by atoms with van der Waals surface area (Å²) in [6.07, 6.45) is 5.12. The summed E-state index contributed by atoms with van der Waals surface area (Å²) in [6.45, 7) is 14.6. The first kappa shape index (κ1) is 22.2. The summed E-state index contributed by atoms with van der Waals surface area (Å²) in [7, 11) is -3.86. The quantitative estimate of drug-likeness (QED) is 0.286. The predicted octanol–water partition coefficient (Wildman–Crippen LogP) is 5.22. The van der Waals surface area contributed by atoms with Gasteiger partial charge in [-0.1, -0.05) is 32.6 Å². The monoisotopic (exact) mass is 362 g/mol. The first-order valence-corrected chi connectivity index (χ1v) is 11.0. The summed E-state index contributed by atoms with van der Waals surface area (Å²) in [5.41, 5.74) is -1.30. The van der Waals surface area contributed by atoms with E-state index in [0.29, 0.717) is 19.6 Å². The lowest BCUT2D eigenvalue weighted by atomic mass is 9.81. The van der Waals surface area contributed by atoms with E-state index in [1.165, 1.54) is 6.42 Å². The van der Waals surface area contributed by atoms with Gasteiger partial charge in [0, 0.05) is 0 Å². The maximum atomic E-state index is 13.4. The van der Waals surface area contributed by atoms with Gasteiger partial charge in [0.15, 0.2) is 0 Å². The highest BCUT2D eigenvalue weighted by atomic mass is 31.2. The lowest BCUT2D eigenvalue weighted by Gasteiger charge is -2.32. The van der Waals surface area contributed by atoms with Crippen LogP contribution >= 0.6 is 7.60 Å². The fourth-order valence-corrected chi connectivity index (χ4v) is 4.95. The third-order valence-electron chi connectivity index (χ3n) is 4.96. The average molecular weight is 362 g/mol. The lowest BCUT2D eigenvalue weighted by Crippen LogP contribution is -2.41. The average Bonchev–Trinajstić information content (AvgIpc) is 2.67. The van der Waals surface area contributed by atoms with Crippen molar-refractivity contribution >= 4 is 14.7 Å². The molecule has 0 N–H and O–H groups in total. The molecule has 0 aliphatic carbocycles. The molecule has 24 heavy (non-hydrogen) atoms. The van der Waals surface area contributed by atoms with E-state index in [0.717, 1.165) is 19.3 Å². The molecule has 1 rings (SSSR count). The van der Waals surface area contributed by atoms with Gasteiger partial charge < -0.3 is 18.4 Å². The van der Waals surface area contributed by atoms with E-state index < -0.39 is 31.5 Å². The molecule has 0 radical (unpaired) electrons. The minimum atomic E-state index is -3.29. The van der Waals surface area contributed by atoms with Crippen LogP contribution in [0.2, 0.25) is 0 Å². The van der Waals surface area contributed by atoms with Crippen LogP contribution in [0.3, 0.4) is 0 Å². The highest BCUT2D eigenvalue weighted by Crippen LogP contribution is 2.57. The Labute approximate surface area is 148 Å². The summed E-state index contributed by atoms with van der Waals surface area (Å²) < 4.78 is 36.9. The SMILES string of the molecule is CCCCCCC(B1OC(C)(C)C(C)(C)O1)P(=O)(OCC)OCC. The van der Waals surface area contributed by atoms with E-state index in [4.69, 9.17) is 18.4 Å². The highest BCUT2D eigenvalue weighted by molar-refractivity contribution is 7.57. The van der Waals surface area contributed by atoms with Crippen LogP contribution in [-0.2, 0) is 22.9 Å². The molecule has 7 heteroatoms. The first-order valence-electron chi connectivity index (χ1n) is 9.38. The van der Waals surface area contributed by atoms with Gasteiger partial charge in [-0.15, -0.1) is 0 Å². The van der Waals surface area contributed by atoms with Crippen molar-refractivity contribution in [2.45, 2.75) is 97.3 Å². The van der Waals surface area contributed by atoms with Crippen molar-refractivity contribution < 1.29 is 22.9 Å². The second-order valence-corrected chi connectivity index (χ2v) is 9.68. The minimum absolute atomic E-state index is 0.349. The molecular weight excluding hydrogens is 326 g/mol. The third-order valence-corrected chi connectivity index (χ3v) is 7.51. The van der Waals surface area contributed by atoms with E-state index in [1.807, 2.05) is 41.5 Å². The lowest BCUT2D eigenvalue weighted by molar-refractivity contribution is 0.00578. The van der Waals surface area contributed by atoms with Crippen LogP contribution in [0.5, 0.6) is 0 Å². The first-order chi connectivity index (χ1) is 11.1. The Bertz CT molecular complexity index is 401. The van der Waals surface area contributed by atoms with Crippen molar-refractivity contribution in [2.75, 3.05) is 13.2 Å². The zero-order valence-corrected chi connectivity index (χ0v) is 17.5. The summed E-state index contributed by atoms with van der Waals surface area (Å²) >= 11 is 0. The molecule has 0 saturated carbocycles. The van der Waals surface area contributed by atoms with Gasteiger partial charge >= 0.3 is 14.7 Å². The van der Waals surface area contributed by atoms with E-state index in [2.05, 4.69) is 6.92 Å². The Morgan fingerprint density at radius 2 is 1.42 bits per heavy atom. The molecule has 1 unspecified atom stereocenters. The molecule has 142 valence electrons. The molecule has 1 aliphatic heterocycles. The second-order valence-electron chi connectivity index (χ2n) is 7.42. The molecule has 0 aromatic heterocycles. The smallest absolute Gasteiger partial charge is 0.403 e. The summed E-state index contributed by atoms with van der Waals surface area (Å²) in [5, 5.41) is 0. The van der Waals surface area contributed by atoms with Crippen molar-refractivity contribution in [3.8, 4) is 0 Å². The molecule has 1 atom stereocenters. The van der Waals surface area contributed by atoms with Gasteiger partial charge in [0.1, 0.15) is 0 Å². The van der Waals surface area contributed by atoms with Crippen LogP contribution in [-0.4, -0.2) is 37.1 Å². The second kappa shape index (κ2) is 9.18. The Morgan fingerprint density at radius 3 is 1.83 bits per heavy atom. The fraction of sp³-hybridized carbons (Fsp3) is 1.00. The molecule has 0 aromatic carbocycles. The molecular formula is C17H36BO5P. The molecule has 0 amide bonds. The van der Waals surface area contributed by atoms with Crippen molar-refractivity contribution in [2.24, 2.45) is 0 Å². The third kappa shape index (κ3) is 5.31. The van der Waals surface area contributed by atoms with Gasteiger partial charge in [-0.2, -0.15) is 0 Å². The van der Waals surface area contributed by atoms with Crippen LogP contribution in [0.15, 0.2) is 0 Å². The van der Waals surface area contributed by atoms with Gasteiger partial charge in [-0.3, -0.25) is 4.57 Å². The maximum Gasteiger partial charge on any atom is 0.473 e. The molecule has 1 fully saturated rings. The van der Waals surface area contributed by atoms with Crippen molar-refractivity contribution in [1.82, 2.24) is 0 Å². The van der Waals surface area contributed by atoms with Gasteiger partial charge in [-0.05, 0) is 48.0 Å². The molecule has 0 spiro atoms. The Morgan fingerprint density at radius 1 is 0.917 bits per heavy atom. The van der Waals surface area contributed by atoms with Crippen LogP contribution in [0, 0.1) is 0 Å². The predicted molar refractivity (Wildman–Crippen MR) is 99.5 cm³/mol. The normalized spacial score (nSPS) is 21.2. The maximum absolute atomic E-state index is 13.4. The molecule has 5 nitrogen and oxygen atoms in total. The van der Waals surface area contributed by atoms with Crippen LogP contribution in [0.1, 0.15) is 80.6 Å². The van der Waals surface area contributed by atoms with Crippen molar-refractivity contribution in [3.63, 3.8) is 0 Å². The summed E-state index contributed by atoms with van der Waals surface area (Å²) in [5.74, 6) is 0. The summed E-state index contributed by atoms with van der Waals surface area (Å²) in [6, 6.07) is 0. The Balaban J connectivity index is 2.98. The van der Waals surface area contributed by atoms with Gasteiger partial charge in [0.25, 0.3) is 0 Å². The number of hydrogen-bond donors (Lipinski definition) is 0. The van der Waals surface area contributed by atoms with Crippen LogP contribution < -0.4 is 0 Å². The molecule has 1 saturated heterocycles.